The number of hydrogen-bond donors (Lipinski definition) is 3. The van der Waals surface area contributed by atoms with Crippen LogP contribution in [0.4, 0.5) is 5.69 Å². The van der Waals surface area contributed by atoms with Crippen LogP contribution in [-0.2, 0) is 0 Å². The molecule has 1 aliphatic heterocycles. The van der Waals surface area contributed by atoms with Gasteiger partial charge in [0.2, 0.25) is 0 Å². The maximum absolute atomic E-state index is 12.3. The van der Waals surface area contributed by atoms with E-state index in [1.165, 1.54) is 7.11 Å². The Balaban J connectivity index is 1.35. The lowest BCUT2D eigenvalue weighted by Crippen LogP contribution is -2.42. The SMILES string of the molecule is COc1cc(C(=O)NCCC(O)CN2CCC(Oc3ccc(Cl)c(Cl)c3)CC2)ccc1N. The number of anilines is 1. The van der Waals surface area contributed by atoms with E-state index in [0.29, 0.717) is 52.3 Å². The normalized spacial score (nSPS) is 15.9. The van der Waals surface area contributed by atoms with Gasteiger partial charge in [-0.1, -0.05) is 23.2 Å². The first-order valence-corrected chi connectivity index (χ1v) is 11.3. The molecule has 2 aromatic rings. The Kier molecular flexibility index (Phi) is 8.87. The van der Waals surface area contributed by atoms with Crippen LogP contribution in [0.15, 0.2) is 36.4 Å². The van der Waals surface area contributed by atoms with E-state index in [0.717, 1.165) is 25.9 Å². The molecule has 1 amide bonds. The molecule has 1 heterocycles. The van der Waals surface area contributed by atoms with E-state index >= 15 is 0 Å². The van der Waals surface area contributed by atoms with Gasteiger partial charge in [-0.15, -0.1) is 0 Å². The Morgan fingerprint density at radius 1 is 1.22 bits per heavy atom. The highest BCUT2D eigenvalue weighted by Gasteiger charge is 2.22. The predicted molar refractivity (Wildman–Crippen MR) is 127 cm³/mol. The van der Waals surface area contributed by atoms with Gasteiger partial charge in [-0.25, -0.2) is 0 Å². The summed E-state index contributed by atoms with van der Waals surface area (Å²) >= 11 is 12.0. The third kappa shape index (κ3) is 6.90. The molecule has 32 heavy (non-hydrogen) atoms. The van der Waals surface area contributed by atoms with E-state index in [1.54, 1.807) is 30.3 Å². The van der Waals surface area contributed by atoms with Crippen LogP contribution < -0.4 is 20.5 Å². The number of nitrogens with two attached hydrogens (primary N) is 1. The Morgan fingerprint density at radius 3 is 2.66 bits per heavy atom. The summed E-state index contributed by atoms with van der Waals surface area (Å²) in [5.74, 6) is 0.951. The quantitative estimate of drug-likeness (QED) is 0.473. The first kappa shape index (κ1) is 24.5. The zero-order valence-electron chi connectivity index (χ0n) is 18.0. The second-order valence-electron chi connectivity index (χ2n) is 7.85. The summed E-state index contributed by atoms with van der Waals surface area (Å²) in [7, 11) is 1.51. The monoisotopic (exact) mass is 481 g/mol. The predicted octanol–water partition coefficient (Wildman–Crippen LogP) is 3.61. The van der Waals surface area contributed by atoms with E-state index in [4.69, 9.17) is 38.4 Å². The highest BCUT2D eigenvalue weighted by atomic mass is 35.5. The van der Waals surface area contributed by atoms with Crippen molar-refractivity contribution in [2.45, 2.75) is 31.5 Å². The van der Waals surface area contributed by atoms with Crippen molar-refractivity contribution in [2.24, 2.45) is 0 Å². The first-order valence-electron chi connectivity index (χ1n) is 10.6. The number of β-amino-alcohol motifs (C(OH)–C–C–N with tert-alkyl or cyclic N) is 1. The van der Waals surface area contributed by atoms with Gasteiger partial charge in [-0.2, -0.15) is 0 Å². The summed E-state index contributed by atoms with van der Waals surface area (Å²) < 4.78 is 11.1. The standard InChI is InChI=1S/C23H29Cl2N3O4/c1-31-22-12-15(2-5-21(22)26)23(30)27-9-6-16(29)14-28-10-7-17(8-11-28)32-18-3-4-19(24)20(25)13-18/h2-5,12-13,16-17,29H,6-11,14,26H2,1H3,(H,27,30). The number of nitrogens with one attached hydrogen (secondary N) is 1. The number of aliphatic hydroxyl groups is 1. The number of aliphatic hydroxyl groups excluding tert-OH is 1. The number of methoxy groups -OCH3 is 1. The van der Waals surface area contributed by atoms with Crippen molar-refractivity contribution >= 4 is 34.8 Å². The lowest BCUT2D eigenvalue weighted by atomic mass is 10.1. The molecule has 0 aromatic heterocycles. The van der Waals surface area contributed by atoms with Gasteiger partial charge in [0.05, 0.1) is 28.9 Å². The minimum Gasteiger partial charge on any atom is -0.495 e. The molecule has 2 aromatic carbocycles. The van der Waals surface area contributed by atoms with E-state index in [2.05, 4.69) is 10.2 Å². The van der Waals surface area contributed by atoms with E-state index in [-0.39, 0.29) is 12.0 Å². The van der Waals surface area contributed by atoms with Crippen molar-refractivity contribution in [1.29, 1.82) is 0 Å². The number of rotatable bonds is 9. The number of amides is 1. The van der Waals surface area contributed by atoms with E-state index in [1.807, 2.05) is 6.07 Å². The Bertz CT molecular complexity index is 920. The van der Waals surface area contributed by atoms with Crippen molar-refractivity contribution in [1.82, 2.24) is 10.2 Å². The zero-order chi connectivity index (χ0) is 23.1. The van der Waals surface area contributed by atoms with Crippen LogP contribution in [0, 0.1) is 0 Å². The molecule has 4 N–H and O–H groups in total. The number of carbonyl (C=O) groups is 1. The minimum atomic E-state index is -0.524. The van der Waals surface area contributed by atoms with E-state index in [9.17, 15) is 9.90 Å². The molecule has 0 saturated carbocycles. The van der Waals surface area contributed by atoms with Crippen LogP contribution in [-0.4, -0.2) is 61.4 Å². The summed E-state index contributed by atoms with van der Waals surface area (Å²) in [6.07, 6.45) is 1.78. The van der Waals surface area contributed by atoms with Gasteiger partial charge in [0.1, 0.15) is 17.6 Å². The molecule has 1 fully saturated rings. The molecule has 1 unspecified atom stereocenters. The molecule has 174 valence electrons. The molecule has 9 heteroatoms. The molecule has 0 spiro atoms. The van der Waals surface area contributed by atoms with Crippen LogP contribution in [0.1, 0.15) is 29.6 Å². The smallest absolute Gasteiger partial charge is 0.251 e. The molecule has 1 atom stereocenters. The number of likely N-dealkylation sites (tertiary alicyclic amines) is 1. The van der Waals surface area contributed by atoms with Crippen molar-refractivity contribution in [2.75, 3.05) is 39.0 Å². The zero-order valence-corrected chi connectivity index (χ0v) is 19.5. The van der Waals surface area contributed by atoms with Gasteiger partial charge in [0, 0.05) is 37.8 Å². The molecular weight excluding hydrogens is 453 g/mol. The third-order valence-electron chi connectivity index (χ3n) is 5.46. The van der Waals surface area contributed by atoms with Crippen LogP contribution in [0.25, 0.3) is 0 Å². The average Bonchev–Trinajstić information content (AvgIpc) is 2.78. The topological polar surface area (TPSA) is 97.0 Å². The summed E-state index contributed by atoms with van der Waals surface area (Å²) in [6, 6.07) is 10.2. The second-order valence-corrected chi connectivity index (χ2v) is 8.66. The minimum absolute atomic E-state index is 0.108. The maximum Gasteiger partial charge on any atom is 0.251 e. The first-order chi connectivity index (χ1) is 15.4. The number of hydrogen-bond acceptors (Lipinski definition) is 6. The lowest BCUT2D eigenvalue weighted by Gasteiger charge is -2.33. The third-order valence-corrected chi connectivity index (χ3v) is 6.20. The number of benzene rings is 2. The Morgan fingerprint density at radius 2 is 1.97 bits per heavy atom. The molecule has 1 aliphatic rings. The van der Waals surface area contributed by atoms with Gasteiger partial charge in [0.15, 0.2) is 0 Å². The number of halogens is 2. The summed E-state index contributed by atoms with van der Waals surface area (Å²) in [6.45, 7) is 2.61. The van der Waals surface area contributed by atoms with Gasteiger partial charge in [-0.05, 0) is 49.6 Å². The molecule has 1 saturated heterocycles. The van der Waals surface area contributed by atoms with Crippen LogP contribution >= 0.6 is 23.2 Å². The Labute approximate surface area is 198 Å². The molecule has 0 radical (unpaired) electrons. The fourth-order valence-corrected chi connectivity index (χ4v) is 3.94. The number of nitrogens with zero attached hydrogens (tertiary/aromatic N) is 1. The average molecular weight is 482 g/mol. The van der Waals surface area contributed by atoms with Crippen molar-refractivity contribution in [3.63, 3.8) is 0 Å². The summed E-state index contributed by atoms with van der Waals surface area (Å²) in [5, 5.41) is 14.2. The van der Waals surface area contributed by atoms with Crippen LogP contribution in [0.5, 0.6) is 11.5 Å². The van der Waals surface area contributed by atoms with Gasteiger partial charge < -0.3 is 30.5 Å². The molecule has 7 nitrogen and oxygen atoms in total. The summed E-state index contributed by atoms with van der Waals surface area (Å²) in [4.78, 5) is 14.5. The van der Waals surface area contributed by atoms with Crippen LogP contribution in [0.3, 0.4) is 0 Å². The van der Waals surface area contributed by atoms with Crippen molar-refractivity contribution in [3.05, 3.63) is 52.0 Å². The van der Waals surface area contributed by atoms with Crippen molar-refractivity contribution in [3.8, 4) is 11.5 Å². The number of nitrogen functional groups attached to an aromatic ring is 1. The highest BCUT2D eigenvalue weighted by Crippen LogP contribution is 2.28. The number of piperidine rings is 1. The Hall–Kier alpha value is -2.19. The highest BCUT2D eigenvalue weighted by molar-refractivity contribution is 6.42. The number of carbonyl (C=O) groups excluding carboxylic acids is 1. The van der Waals surface area contributed by atoms with Gasteiger partial charge in [-0.3, -0.25) is 4.79 Å². The van der Waals surface area contributed by atoms with Gasteiger partial charge in [0.25, 0.3) is 5.91 Å². The van der Waals surface area contributed by atoms with Gasteiger partial charge >= 0.3 is 0 Å². The molecule has 0 aliphatic carbocycles. The van der Waals surface area contributed by atoms with Crippen molar-refractivity contribution < 1.29 is 19.4 Å². The molecular formula is C23H29Cl2N3O4. The van der Waals surface area contributed by atoms with Crippen LogP contribution in [0.2, 0.25) is 10.0 Å². The largest absolute Gasteiger partial charge is 0.495 e. The molecule has 0 bridgehead atoms. The fourth-order valence-electron chi connectivity index (χ4n) is 3.65. The molecule has 3 rings (SSSR count). The summed E-state index contributed by atoms with van der Waals surface area (Å²) in [5.41, 5.74) is 6.72. The second kappa shape index (κ2) is 11.6. The maximum atomic E-state index is 12.3. The number of ether oxygens (including phenoxy) is 2. The lowest BCUT2D eigenvalue weighted by molar-refractivity contribution is 0.0578. The fraction of sp³-hybridized carbons (Fsp3) is 0.435. The van der Waals surface area contributed by atoms with E-state index < -0.39 is 6.10 Å².